The summed E-state index contributed by atoms with van der Waals surface area (Å²) in [6.07, 6.45) is 2.92. The quantitative estimate of drug-likeness (QED) is 0.234. The first kappa shape index (κ1) is 35.2. The van der Waals surface area contributed by atoms with Crippen LogP contribution in [-0.2, 0) is 25.7 Å². The van der Waals surface area contributed by atoms with E-state index < -0.39 is 20.9 Å². The van der Waals surface area contributed by atoms with E-state index in [0.717, 1.165) is 17.4 Å². The second kappa shape index (κ2) is 13.4. The van der Waals surface area contributed by atoms with Crippen molar-refractivity contribution < 1.29 is 22.7 Å². The summed E-state index contributed by atoms with van der Waals surface area (Å²) < 4.78 is 31.9. The number of carbonyl (C=O) groups is 2. The van der Waals surface area contributed by atoms with E-state index in [9.17, 15) is 13.2 Å². The monoisotopic (exact) mass is 717 g/mol. The molecular weight excluding hydrogens is 681 g/mol. The Balaban J connectivity index is 1.79. The van der Waals surface area contributed by atoms with E-state index in [0.29, 0.717) is 53.7 Å². The van der Waals surface area contributed by atoms with Crippen LogP contribution in [0.5, 0.6) is 5.75 Å². The zero-order chi connectivity index (χ0) is 34.3. The number of sulfone groups is 1. The van der Waals surface area contributed by atoms with Crippen LogP contribution in [0.3, 0.4) is 0 Å². The Bertz CT molecular complexity index is 1820. The molecule has 1 saturated heterocycles. The summed E-state index contributed by atoms with van der Waals surface area (Å²) in [6, 6.07) is 17.2. The molecule has 0 unspecified atom stereocenters. The summed E-state index contributed by atoms with van der Waals surface area (Å²) >= 11 is 19.2. The minimum absolute atomic E-state index is 0.00430. The Morgan fingerprint density at radius 3 is 2.00 bits per heavy atom. The van der Waals surface area contributed by atoms with Gasteiger partial charge < -0.3 is 14.4 Å². The number of hydrogen-bond donors (Lipinski definition) is 0. The molecule has 12 heteroatoms. The molecule has 8 nitrogen and oxygen atoms in total. The maximum atomic E-state index is 15.0. The lowest BCUT2D eigenvalue weighted by Crippen LogP contribution is -2.59. The standard InChI is InChI=1S/C35H38Cl3N3O5S/c1-6-46-30-21-29(38)31(47(5,44)45)20-28(30)32-39-34(3,24-7-11-26(36)12-8-24)35(4,25-9-13-27(37)14-10-25)41(32)33(43)40-17-15-23(16-18-40)19-22(2)42/h7-14,20-21,23H,6,15-19H2,1-5H3/t34-,35+/m0/s1. The fourth-order valence-electron chi connectivity index (χ4n) is 6.71. The number of hydrogen-bond acceptors (Lipinski definition) is 6. The lowest BCUT2D eigenvalue weighted by molar-refractivity contribution is -0.118. The van der Waals surface area contributed by atoms with Gasteiger partial charge in [0.15, 0.2) is 9.84 Å². The van der Waals surface area contributed by atoms with Gasteiger partial charge in [-0.05, 0) is 87.9 Å². The highest BCUT2D eigenvalue weighted by Crippen LogP contribution is 2.54. The van der Waals surface area contributed by atoms with Gasteiger partial charge in [-0.15, -0.1) is 0 Å². The summed E-state index contributed by atoms with van der Waals surface area (Å²) in [5, 5.41) is 1.08. The second-order valence-electron chi connectivity index (χ2n) is 12.5. The number of carbonyl (C=O) groups excluding carboxylic acids is 2. The molecule has 3 aromatic carbocycles. The lowest BCUT2D eigenvalue weighted by atomic mass is 9.71. The Labute approximate surface area is 291 Å². The highest BCUT2D eigenvalue weighted by atomic mass is 35.5. The van der Waals surface area contributed by atoms with Crippen molar-refractivity contribution in [2.24, 2.45) is 10.9 Å². The van der Waals surface area contributed by atoms with Crippen molar-refractivity contribution in [3.8, 4) is 5.75 Å². The van der Waals surface area contributed by atoms with Crippen LogP contribution in [0.15, 0.2) is 70.6 Å². The molecule has 0 aliphatic carbocycles. The molecule has 0 saturated carbocycles. The van der Waals surface area contributed by atoms with Crippen LogP contribution < -0.4 is 4.74 Å². The van der Waals surface area contributed by atoms with E-state index in [2.05, 4.69) is 0 Å². The van der Waals surface area contributed by atoms with Crippen LogP contribution >= 0.6 is 34.8 Å². The first-order chi connectivity index (χ1) is 22.1. The van der Waals surface area contributed by atoms with Gasteiger partial charge in [0.2, 0.25) is 0 Å². The van der Waals surface area contributed by atoms with Crippen LogP contribution in [0.4, 0.5) is 4.79 Å². The summed E-state index contributed by atoms with van der Waals surface area (Å²) in [4.78, 5) is 35.6. The van der Waals surface area contributed by atoms with Crippen molar-refractivity contribution in [3.05, 3.63) is 92.4 Å². The molecule has 5 rings (SSSR count). The molecule has 0 radical (unpaired) electrons. The van der Waals surface area contributed by atoms with Crippen LogP contribution in [0.25, 0.3) is 0 Å². The number of piperidine rings is 1. The topological polar surface area (TPSA) is 96.3 Å². The van der Waals surface area contributed by atoms with Crippen molar-refractivity contribution in [3.63, 3.8) is 0 Å². The Morgan fingerprint density at radius 2 is 1.49 bits per heavy atom. The first-order valence-corrected chi connectivity index (χ1v) is 18.5. The third kappa shape index (κ3) is 6.64. The number of nitrogens with zero attached hydrogens (tertiary/aromatic N) is 3. The smallest absolute Gasteiger partial charge is 0.326 e. The number of ketones is 1. The Morgan fingerprint density at radius 1 is 0.936 bits per heavy atom. The minimum atomic E-state index is -3.78. The largest absolute Gasteiger partial charge is 0.493 e. The van der Waals surface area contributed by atoms with Gasteiger partial charge in [-0.25, -0.2) is 13.2 Å². The number of amides is 2. The normalized spacial score (nSPS) is 21.9. The van der Waals surface area contributed by atoms with Gasteiger partial charge in [-0.3, -0.25) is 9.89 Å². The molecule has 0 bridgehead atoms. The molecule has 2 aliphatic rings. The average Bonchev–Trinajstić information content (AvgIpc) is 3.25. The number of urea groups is 1. The van der Waals surface area contributed by atoms with Gasteiger partial charge in [-0.1, -0.05) is 59.1 Å². The van der Waals surface area contributed by atoms with E-state index in [1.165, 1.54) is 12.1 Å². The molecule has 250 valence electrons. The number of rotatable bonds is 8. The van der Waals surface area contributed by atoms with Gasteiger partial charge in [0.1, 0.15) is 28.4 Å². The van der Waals surface area contributed by atoms with Crippen molar-refractivity contribution in [1.29, 1.82) is 0 Å². The van der Waals surface area contributed by atoms with E-state index in [1.807, 2.05) is 45.0 Å². The van der Waals surface area contributed by atoms with Gasteiger partial charge >= 0.3 is 6.03 Å². The van der Waals surface area contributed by atoms with Gasteiger partial charge in [0, 0.05) is 41.9 Å². The summed E-state index contributed by atoms with van der Waals surface area (Å²) in [7, 11) is -3.78. The summed E-state index contributed by atoms with van der Waals surface area (Å²) in [5.41, 5.74) is -0.426. The van der Waals surface area contributed by atoms with Crippen molar-refractivity contribution in [2.45, 2.75) is 62.9 Å². The number of halogens is 3. The Kier molecular flexibility index (Phi) is 10.1. The maximum absolute atomic E-state index is 15.0. The molecule has 2 heterocycles. The first-order valence-electron chi connectivity index (χ1n) is 15.5. The predicted molar refractivity (Wildman–Crippen MR) is 187 cm³/mol. The molecule has 0 spiro atoms. The number of amidine groups is 1. The number of likely N-dealkylation sites (tertiary alicyclic amines) is 1. The number of ether oxygens (including phenoxy) is 1. The van der Waals surface area contributed by atoms with Gasteiger partial charge in [-0.2, -0.15) is 0 Å². The summed E-state index contributed by atoms with van der Waals surface area (Å²) in [5.74, 6) is 0.857. The molecule has 1 fully saturated rings. The molecule has 3 aromatic rings. The molecule has 47 heavy (non-hydrogen) atoms. The minimum Gasteiger partial charge on any atom is -0.493 e. The third-order valence-corrected chi connectivity index (χ3v) is 11.4. The van der Waals surface area contributed by atoms with Gasteiger partial charge in [0.25, 0.3) is 0 Å². The van der Waals surface area contributed by atoms with Crippen molar-refractivity contribution >= 4 is 62.3 Å². The number of Topliss-reactive ketones (excluding diaryl/α,β-unsaturated/α-hetero) is 1. The molecule has 2 amide bonds. The van der Waals surface area contributed by atoms with Crippen molar-refractivity contribution in [2.75, 3.05) is 26.0 Å². The predicted octanol–water partition coefficient (Wildman–Crippen LogP) is 8.15. The van der Waals surface area contributed by atoms with E-state index >= 15 is 4.79 Å². The van der Waals surface area contributed by atoms with Crippen LogP contribution in [0.1, 0.15) is 63.6 Å². The third-order valence-electron chi connectivity index (χ3n) is 9.38. The SMILES string of the molecule is CCOc1cc(Cl)c(S(C)(=O)=O)cc1C1=N[C@@](C)(c2ccc(Cl)cc2)[C@@](C)(c2ccc(Cl)cc2)N1C(=O)N1CCC(CC(C)=O)CC1. The Hall–Kier alpha value is -3.11. The van der Waals surface area contributed by atoms with Crippen molar-refractivity contribution in [1.82, 2.24) is 9.80 Å². The molecular formula is C35H38Cl3N3O5S. The van der Waals surface area contributed by atoms with Crippen LogP contribution in [0.2, 0.25) is 15.1 Å². The van der Waals surface area contributed by atoms with E-state index in [1.54, 1.807) is 41.0 Å². The van der Waals surface area contributed by atoms with Crippen LogP contribution in [-0.4, -0.2) is 61.8 Å². The molecule has 2 aliphatic heterocycles. The summed E-state index contributed by atoms with van der Waals surface area (Å²) in [6.45, 7) is 8.45. The highest BCUT2D eigenvalue weighted by Gasteiger charge is 2.60. The van der Waals surface area contributed by atoms with E-state index in [4.69, 9.17) is 44.5 Å². The molecule has 0 N–H and O–H groups in total. The lowest BCUT2D eigenvalue weighted by Gasteiger charge is -2.47. The zero-order valence-electron chi connectivity index (χ0n) is 27.0. The second-order valence-corrected chi connectivity index (χ2v) is 15.8. The fourth-order valence-corrected chi connectivity index (χ4v) is 8.28. The maximum Gasteiger partial charge on any atom is 0.326 e. The number of benzene rings is 3. The molecule has 2 atom stereocenters. The zero-order valence-corrected chi connectivity index (χ0v) is 30.1. The van der Waals surface area contributed by atoms with Crippen LogP contribution in [0, 0.1) is 5.92 Å². The molecule has 0 aromatic heterocycles. The van der Waals surface area contributed by atoms with Gasteiger partial charge in [0.05, 0.1) is 22.1 Å². The highest BCUT2D eigenvalue weighted by molar-refractivity contribution is 7.90. The number of aliphatic imine (C=N–C) groups is 1. The fraction of sp³-hybridized carbons (Fsp3) is 0.400. The average molecular weight is 719 g/mol. The van der Waals surface area contributed by atoms with E-state index in [-0.39, 0.29) is 40.1 Å².